The number of hydrogen-bond acceptors (Lipinski definition) is 3. The fourth-order valence-electron chi connectivity index (χ4n) is 6.75. The van der Waals surface area contributed by atoms with Gasteiger partial charge in [-0.15, -0.1) is 0 Å². The van der Waals surface area contributed by atoms with Crippen LogP contribution in [0.5, 0.6) is 0 Å². The highest BCUT2D eigenvalue weighted by Gasteiger charge is 2.57. The van der Waals surface area contributed by atoms with Crippen molar-refractivity contribution in [3.05, 3.63) is 83.2 Å². The van der Waals surface area contributed by atoms with E-state index < -0.39 is 0 Å². The van der Waals surface area contributed by atoms with E-state index in [0.717, 1.165) is 19.4 Å². The Kier molecular flexibility index (Phi) is 4.09. The lowest BCUT2D eigenvalue weighted by atomic mass is 9.74. The van der Waals surface area contributed by atoms with Crippen LogP contribution in [0.25, 0.3) is 0 Å². The molecule has 1 fully saturated rings. The third-order valence-corrected chi connectivity index (χ3v) is 8.12. The molecule has 0 radical (unpaired) electrons. The molecule has 160 valence electrons. The molecule has 0 saturated carbocycles. The molecular formula is C28H32N2O. The van der Waals surface area contributed by atoms with Gasteiger partial charge in [0.1, 0.15) is 17.5 Å². The van der Waals surface area contributed by atoms with E-state index in [0.29, 0.717) is 17.9 Å². The molecule has 3 heterocycles. The van der Waals surface area contributed by atoms with Crippen LogP contribution in [0.3, 0.4) is 0 Å². The molecule has 0 bridgehead atoms. The summed E-state index contributed by atoms with van der Waals surface area (Å²) in [6, 6.07) is 9.28. The highest BCUT2D eigenvalue weighted by Crippen LogP contribution is 2.58. The van der Waals surface area contributed by atoms with Crippen molar-refractivity contribution in [3.63, 3.8) is 0 Å². The molecule has 6 rings (SSSR count). The molecule has 0 N–H and O–H groups in total. The molecule has 0 aromatic heterocycles. The normalized spacial score (nSPS) is 33.5. The van der Waals surface area contributed by atoms with Crippen LogP contribution in [0.15, 0.2) is 83.2 Å². The highest BCUT2D eigenvalue weighted by atomic mass is 16.5. The van der Waals surface area contributed by atoms with E-state index in [1.807, 2.05) is 0 Å². The van der Waals surface area contributed by atoms with E-state index in [4.69, 9.17) is 4.74 Å². The van der Waals surface area contributed by atoms with Crippen LogP contribution in [0, 0.1) is 11.8 Å². The van der Waals surface area contributed by atoms with E-state index in [2.05, 4.69) is 98.2 Å². The van der Waals surface area contributed by atoms with Gasteiger partial charge in [-0.1, -0.05) is 48.9 Å². The molecule has 3 heteroatoms. The molecular weight excluding hydrogens is 380 g/mol. The number of benzene rings is 1. The Morgan fingerprint density at radius 1 is 1.26 bits per heavy atom. The van der Waals surface area contributed by atoms with Gasteiger partial charge in [0.25, 0.3) is 0 Å². The largest absolute Gasteiger partial charge is 0.490 e. The lowest BCUT2D eigenvalue weighted by molar-refractivity contribution is 0.181. The number of nitrogens with zero attached hydrogens (tertiary/aromatic N) is 2. The average Bonchev–Trinajstić information content (AvgIpc) is 3.35. The van der Waals surface area contributed by atoms with Gasteiger partial charge < -0.3 is 14.5 Å². The second kappa shape index (κ2) is 6.66. The van der Waals surface area contributed by atoms with E-state index >= 15 is 0 Å². The molecule has 3 nitrogen and oxygen atoms in total. The second-order valence-electron chi connectivity index (χ2n) is 9.81. The zero-order chi connectivity index (χ0) is 21.3. The SMILES string of the molecule is CC/C=C\C(C)N1c2ccccc2N2CC3=C(CC4C(=C3)OC3C=CC=C(C)C34)C21C. The third kappa shape index (κ3) is 2.46. The van der Waals surface area contributed by atoms with Crippen LogP contribution in [0.2, 0.25) is 0 Å². The fourth-order valence-corrected chi connectivity index (χ4v) is 6.75. The van der Waals surface area contributed by atoms with Gasteiger partial charge in [-0.2, -0.15) is 0 Å². The van der Waals surface area contributed by atoms with Crippen LogP contribution < -0.4 is 9.80 Å². The number of rotatable bonds is 3. The first-order valence-electron chi connectivity index (χ1n) is 11.8. The predicted octanol–water partition coefficient (Wildman–Crippen LogP) is 6.13. The van der Waals surface area contributed by atoms with Gasteiger partial charge in [0.15, 0.2) is 0 Å². The minimum absolute atomic E-state index is 0.126. The molecule has 5 atom stereocenters. The Hall–Kier alpha value is -2.68. The first-order chi connectivity index (χ1) is 15.0. The molecule has 1 aromatic carbocycles. The lowest BCUT2D eigenvalue weighted by Crippen LogP contribution is -2.56. The van der Waals surface area contributed by atoms with Crippen molar-refractivity contribution in [2.75, 3.05) is 16.3 Å². The number of para-hydroxylation sites is 2. The van der Waals surface area contributed by atoms with Crippen LogP contribution in [0.4, 0.5) is 11.4 Å². The first-order valence-corrected chi connectivity index (χ1v) is 11.8. The monoisotopic (exact) mass is 412 g/mol. The van der Waals surface area contributed by atoms with Crippen molar-refractivity contribution in [3.8, 4) is 0 Å². The van der Waals surface area contributed by atoms with Crippen molar-refractivity contribution in [2.45, 2.75) is 58.3 Å². The van der Waals surface area contributed by atoms with Crippen LogP contribution >= 0.6 is 0 Å². The molecule has 2 aliphatic carbocycles. The maximum atomic E-state index is 6.46. The predicted molar refractivity (Wildman–Crippen MR) is 128 cm³/mol. The Morgan fingerprint density at radius 2 is 2.06 bits per heavy atom. The summed E-state index contributed by atoms with van der Waals surface area (Å²) in [4.78, 5) is 5.29. The standard InChI is InChI=1S/C28H32N2O/c1-5-6-11-19(3)30-24-13-8-7-12-23(24)29-17-20-15-26-21(16-22(20)28(29,30)4)27-18(2)10-9-14-25(27)31-26/h6-15,19,21,25,27H,5,16-17H2,1-4H3/b11-6-. The number of allylic oxidation sites excluding steroid dienone is 4. The molecule has 0 spiro atoms. The van der Waals surface area contributed by atoms with E-state index in [1.54, 1.807) is 5.57 Å². The molecule has 1 saturated heterocycles. The number of anilines is 2. The summed E-state index contributed by atoms with van der Waals surface area (Å²) in [5, 5.41) is 0. The number of fused-ring (bicyclic) bond motifs is 7. The maximum absolute atomic E-state index is 6.46. The van der Waals surface area contributed by atoms with Crippen molar-refractivity contribution in [1.82, 2.24) is 0 Å². The molecule has 0 amide bonds. The highest BCUT2D eigenvalue weighted by molar-refractivity contribution is 5.84. The molecule has 3 aliphatic heterocycles. The topological polar surface area (TPSA) is 15.7 Å². The Bertz CT molecular complexity index is 1090. The molecule has 5 aliphatic rings. The second-order valence-corrected chi connectivity index (χ2v) is 9.81. The first kappa shape index (κ1) is 19.0. The minimum atomic E-state index is -0.126. The van der Waals surface area contributed by atoms with Gasteiger partial charge in [-0.25, -0.2) is 0 Å². The Balaban J connectivity index is 1.44. The quantitative estimate of drug-likeness (QED) is 0.556. The van der Waals surface area contributed by atoms with Gasteiger partial charge in [0.2, 0.25) is 0 Å². The van der Waals surface area contributed by atoms with Gasteiger partial charge >= 0.3 is 0 Å². The van der Waals surface area contributed by atoms with Crippen molar-refractivity contribution < 1.29 is 4.74 Å². The number of ether oxygens (including phenoxy) is 1. The van der Waals surface area contributed by atoms with Crippen molar-refractivity contribution in [2.24, 2.45) is 11.8 Å². The summed E-state index contributed by atoms with van der Waals surface area (Å²) >= 11 is 0. The Morgan fingerprint density at radius 3 is 2.87 bits per heavy atom. The summed E-state index contributed by atoms with van der Waals surface area (Å²) in [6.07, 6.45) is 16.1. The van der Waals surface area contributed by atoms with Gasteiger partial charge in [-0.3, -0.25) is 0 Å². The van der Waals surface area contributed by atoms with Crippen LogP contribution in [-0.4, -0.2) is 24.4 Å². The Labute approximate surface area is 186 Å². The molecule has 5 unspecified atom stereocenters. The van der Waals surface area contributed by atoms with Gasteiger partial charge in [-0.05, 0) is 69.0 Å². The smallest absolute Gasteiger partial charge is 0.134 e. The summed E-state index contributed by atoms with van der Waals surface area (Å²) < 4.78 is 6.46. The fraction of sp³-hybridized carbons (Fsp3) is 0.429. The van der Waals surface area contributed by atoms with E-state index in [9.17, 15) is 0 Å². The minimum Gasteiger partial charge on any atom is -0.490 e. The average molecular weight is 413 g/mol. The van der Waals surface area contributed by atoms with Crippen molar-refractivity contribution >= 4 is 11.4 Å². The summed E-state index contributed by atoms with van der Waals surface area (Å²) in [7, 11) is 0. The summed E-state index contributed by atoms with van der Waals surface area (Å²) in [5.74, 6) is 2.13. The maximum Gasteiger partial charge on any atom is 0.134 e. The molecule has 1 aromatic rings. The summed E-state index contributed by atoms with van der Waals surface area (Å²) in [5.41, 5.74) is 7.09. The van der Waals surface area contributed by atoms with Crippen molar-refractivity contribution in [1.29, 1.82) is 0 Å². The van der Waals surface area contributed by atoms with Crippen LogP contribution in [0.1, 0.15) is 40.5 Å². The third-order valence-electron chi connectivity index (χ3n) is 8.12. The zero-order valence-electron chi connectivity index (χ0n) is 19.0. The van der Waals surface area contributed by atoms with E-state index in [-0.39, 0.29) is 11.8 Å². The van der Waals surface area contributed by atoms with E-state index in [1.165, 1.54) is 28.3 Å². The van der Waals surface area contributed by atoms with Gasteiger partial charge in [0.05, 0.1) is 11.4 Å². The lowest BCUT2D eigenvalue weighted by Gasteiger charge is -2.44. The number of hydrogen-bond donors (Lipinski definition) is 0. The molecule has 31 heavy (non-hydrogen) atoms. The zero-order valence-corrected chi connectivity index (χ0v) is 19.0. The van der Waals surface area contributed by atoms with Gasteiger partial charge in [0, 0.05) is 24.4 Å². The summed E-state index contributed by atoms with van der Waals surface area (Å²) in [6.45, 7) is 10.2. The van der Waals surface area contributed by atoms with Crippen LogP contribution in [-0.2, 0) is 4.74 Å².